The minimum Gasteiger partial charge on any atom is -0.346 e. The number of amides is 1. The molecule has 0 saturated carbocycles. The molecule has 0 aromatic carbocycles. The van der Waals surface area contributed by atoms with Gasteiger partial charge in [0, 0.05) is 12.5 Å². The highest BCUT2D eigenvalue weighted by molar-refractivity contribution is 5.78. The van der Waals surface area contributed by atoms with Crippen molar-refractivity contribution in [2.75, 3.05) is 13.1 Å². The van der Waals surface area contributed by atoms with Gasteiger partial charge in [0.15, 0.2) is 0 Å². The Morgan fingerprint density at radius 1 is 1.56 bits per heavy atom. The van der Waals surface area contributed by atoms with Gasteiger partial charge in [-0.3, -0.25) is 9.89 Å². The molecule has 1 aromatic heterocycles. The summed E-state index contributed by atoms with van der Waals surface area (Å²) in [4.78, 5) is 15.7. The molecule has 0 bridgehead atoms. The monoisotopic (exact) mass is 225 g/mol. The number of H-pyrrole nitrogens is 1. The van der Waals surface area contributed by atoms with Crippen LogP contribution in [0.5, 0.6) is 0 Å². The highest BCUT2D eigenvalue weighted by Crippen LogP contribution is 2.05. The van der Waals surface area contributed by atoms with Gasteiger partial charge in [0.1, 0.15) is 12.2 Å². The summed E-state index contributed by atoms with van der Waals surface area (Å²) >= 11 is 0. The van der Waals surface area contributed by atoms with Crippen LogP contribution in [0.1, 0.15) is 32.6 Å². The Hall–Kier alpha value is -1.43. The molecule has 90 valence electrons. The minimum atomic E-state index is -0.140. The number of carbonyl (C=O) groups is 1. The maximum Gasteiger partial charge on any atom is 0.224 e. The first-order valence-corrected chi connectivity index (χ1v) is 5.51. The van der Waals surface area contributed by atoms with Crippen molar-refractivity contribution in [2.24, 2.45) is 5.92 Å². The van der Waals surface area contributed by atoms with Crippen molar-refractivity contribution in [2.45, 2.75) is 26.8 Å². The maximum atomic E-state index is 11.7. The minimum absolute atomic E-state index is 0.0184. The van der Waals surface area contributed by atoms with Crippen LogP contribution in [-0.4, -0.2) is 34.2 Å². The summed E-state index contributed by atoms with van der Waals surface area (Å²) < 4.78 is 0. The van der Waals surface area contributed by atoms with Crippen LogP contribution < -0.4 is 10.6 Å². The van der Waals surface area contributed by atoms with Gasteiger partial charge in [-0.15, -0.1) is 0 Å². The first-order valence-electron chi connectivity index (χ1n) is 5.51. The highest BCUT2D eigenvalue weighted by atomic mass is 16.1. The summed E-state index contributed by atoms with van der Waals surface area (Å²) in [5, 5.41) is 12.5. The van der Waals surface area contributed by atoms with Crippen molar-refractivity contribution in [3.63, 3.8) is 0 Å². The second kappa shape index (κ2) is 6.22. The van der Waals surface area contributed by atoms with Crippen LogP contribution in [0.15, 0.2) is 6.33 Å². The van der Waals surface area contributed by atoms with Crippen LogP contribution >= 0.6 is 0 Å². The van der Waals surface area contributed by atoms with E-state index in [4.69, 9.17) is 0 Å². The Kier molecular flexibility index (Phi) is 4.91. The molecule has 1 heterocycles. The molecule has 2 atom stereocenters. The fourth-order valence-corrected chi connectivity index (χ4v) is 1.30. The molecule has 0 aliphatic rings. The molecule has 0 spiro atoms. The van der Waals surface area contributed by atoms with Crippen LogP contribution in [0.3, 0.4) is 0 Å². The summed E-state index contributed by atoms with van der Waals surface area (Å²) in [5.41, 5.74) is 0. The second-order valence-electron chi connectivity index (χ2n) is 3.81. The van der Waals surface area contributed by atoms with Crippen LogP contribution in [0.2, 0.25) is 0 Å². The van der Waals surface area contributed by atoms with Crippen LogP contribution in [0, 0.1) is 5.92 Å². The van der Waals surface area contributed by atoms with E-state index in [1.54, 1.807) is 0 Å². The van der Waals surface area contributed by atoms with E-state index in [0.29, 0.717) is 12.4 Å². The Balaban J connectivity index is 2.39. The molecule has 6 nitrogen and oxygen atoms in total. The number of hydrogen-bond donors (Lipinski definition) is 3. The van der Waals surface area contributed by atoms with Crippen molar-refractivity contribution in [3.05, 3.63) is 12.2 Å². The Morgan fingerprint density at radius 3 is 2.88 bits per heavy atom. The normalized spacial score (nSPS) is 14.4. The molecule has 1 amide bonds. The smallest absolute Gasteiger partial charge is 0.224 e. The van der Waals surface area contributed by atoms with E-state index < -0.39 is 0 Å². The molecule has 1 aromatic rings. The van der Waals surface area contributed by atoms with E-state index in [1.165, 1.54) is 6.33 Å². The number of rotatable bonds is 6. The summed E-state index contributed by atoms with van der Waals surface area (Å²) in [6.07, 6.45) is 1.43. The van der Waals surface area contributed by atoms with Crippen LogP contribution in [-0.2, 0) is 4.79 Å². The number of aromatic amines is 1. The first-order chi connectivity index (χ1) is 7.65. The lowest BCUT2D eigenvalue weighted by Gasteiger charge is -2.15. The van der Waals surface area contributed by atoms with Gasteiger partial charge in [0.05, 0.1) is 6.04 Å². The van der Waals surface area contributed by atoms with E-state index in [9.17, 15) is 4.79 Å². The predicted molar refractivity (Wildman–Crippen MR) is 60.6 cm³/mol. The van der Waals surface area contributed by atoms with E-state index >= 15 is 0 Å². The van der Waals surface area contributed by atoms with Gasteiger partial charge in [-0.1, -0.05) is 13.8 Å². The first kappa shape index (κ1) is 12.6. The number of nitrogens with zero attached hydrogens (tertiary/aromatic N) is 2. The van der Waals surface area contributed by atoms with Crippen molar-refractivity contribution in [1.82, 2.24) is 25.8 Å². The lowest BCUT2D eigenvalue weighted by atomic mass is 10.1. The molecule has 2 unspecified atom stereocenters. The average molecular weight is 225 g/mol. The fraction of sp³-hybridized carbons (Fsp3) is 0.700. The van der Waals surface area contributed by atoms with Gasteiger partial charge >= 0.3 is 0 Å². The zero-order valence-corrected chi connectivity index (χ0v) is 9.95. The molecule has 0 saturated heterocycles. The molecular formula is C10H19N5O. The van der Waals surface area contributed by atoms with Gasteiger partial charge < -0.3 is 10.6 Å². The lowest BCUT2D eigenvalue weighted by molar-refractivity contribution is -0.125. The number of hydrogen-bond acceptors (Lipinski definition) is 4. The standard InChI is InChI=1S/C10H19N5O/c1-4-11-5-7(2)10(16)14-8(3)9-12-6-13-15-9/h6-8,11H,4-5H2,1-3H3,(H,14,16)(H,12,13,15). The molecular weight excluding hydrogens is 206 g/mol. The van der Waals surface area contributed by atoms with Crippen molar-refractivity contribution < 1.29 is 4.79 Å². The van der Waals surface area contributed by atoms with Gasteiger partial charge in [0.2, 0.25) is 5.91 Å². The number of aromatic nitrogens is 3. The molecule has 0 aliphatic heterocycles. The zero-order chi connectivity index (χ0) is 12.0. The third-order valence-corrected chi connectivity index (χ3v) is 2.35. The largest absolute Gasteiger partial charge is 0.346 e. The molecule has 16 heavy (non-hydrogen) atoms. The van der Waals surface area contributed by atoms with Crippen molar-refractivity contribution in [1.29, 1.82) is 0 Å². The Bertz CT molecular complexity index is 311. The van der Waals surface area contributed by atoms with Gasteiger partial charge in [-0.25, -0.2) is 4.98 Å². The third-order valence-electron chi connectivity index (χ3n) is 2.35. The Morgan fingerprint density at radius 2 is 2.31 bits per heavy atom. The fourth-order valence-electron chi connectivity index (χ4n) is 1.30. The van der Waals surface area contributed by atoms with Crippen molar-refractivity contribution >= 4 is 5.91 Å². The summed E-state index contributed by atoms with van der Waals surface area (Å²) in [7, 11) is 0. The Labute approximate surface area is 95.2 Å². The number of carbonyl (C=O) groups excluding carboxylic acids is 1. The van der Waals surface area contributed by atoms with Gasteiger partial charge in [0.25, 0.3) is 0 Å². The topological polar surface area (TPSA) is 82.7 Å². The average Bonchev–Trinajstić information content (AvgIpc) is 2.79. The van der Waals surface area contributed by atoms with Crippen molar-refractivity contribution in [3.8, 4) is 0 Å². The van der Waals surface area contributed by atoms with E-state index in [2.05, 4.69) is 25.8 Å². The quantitative estimate of drug-likeness (QED) is 0.647. The summed E-state index contributed by atoms with van der Waals surface area (Å²) in [5.74, 6) is 0.638. The molecule has 1 rings (SSSR count). The SMILES string of the molecule is CCNCC(C)C(=O)NC(C)c1ncn[nH]1. The van der Waals surface area contributed by atoms with Crippen LogP contribution in [0.4, 0.5) is 0 Å². The predicted octanol–water partition coefficient (Wildman–Crippen LogP) is 0.227. The van der Waals surface area contributed by atoms with E-state index in [1.807, 2.05) is 20.8 Å². The third kappa shape index (κ3) is 3.62. The lowest BCUT2D eigenvalue weighted by Crippen LogP contribution is -2.36. The zero-order valence-electron chi connectivity index (χ0n) is 9.95. The van der Waals surface area contributed by atoms with E-state index in [-0.39, 0.29) is 17.9 Å². The van der Waals surface area contributed by atoms with E-state index in [0.717, 1.165) is 6.54 Å². The maximum absolute atomic E-state index is 11.7. The molecule has 0 radical (unpaired) electrons. The highest BCUT2D eigenvalue weighted by Gasteiger charge is 2.16. The summed E-state index contributed by atoms with van der Waals surface area (Å²) in [6, 6.07) is -0.140. The van der Waals surface area contributed by atoms with Crippen LogP contribution in [0.25, 0.3) is 0 Å². The second-order valence-corrected chi connectivity index (χ2v) is 3.81. The van der Waals surface area contributed by atoms with Gasteiger partial charge in [-0.05, 0) is 13.5 Å². The molecule has 0 fully saturated rings. The molecule has 0 aliphatic carbocycles. The summed E-state index contributed by atoms with van der Waals surface area (Å²) in [6.45, 7) is 7.34. The van der Waals surface area contributed by atoms with Gasteiger partial charge in [-0.2, -0.15) is 5.10 Å². The molecule has 6 heteroatoms. The number of nitrogens with one attached hydrogen (secondary N) is 3. The molecule has 3 N–H and O–H groups in total.